The van der Waals surface area contributed by atoms with Gasteiger partial charge in [-0.2, -0.15) is 0 Å². The lowest BCUT2D eigenvalue weighted by Gasteiger charge is -2.22. The molecule has 0 atom stereocenters. The van der Waals surface area contributed by atoms with E-state index in [0.717, 1.165) is 0 Å². The highest BCUT2D eigenvalue weighted by atomic mass is 79.9. The molecule has 0 aliphatic carbocycles. The van der Waals surface area contributed by atoms with Crippen LogP contribution < -0.4 is 5.32 Å². The summed E-state index contributed by atoms with van der Waals surface area (Å²) < 4.78 is 11.8. The molecule has 0 radical (unpaired) electrons. The van der Waals surface area contributed by atoms with Gasteiger partial charge < -0.3 is 5.32 Å². The Morgan fingerprint density at radius 3 is 2.65 bits per heavy atom. The smallest absolute Gasteiger partial charge is 0.270 e. The average molecular weight is 361 g/mol. The van der Waals surface area contributed by atoms with Crippen molar-refractivity contribution in [3.8, 4) is 0 Å². The van der Waals surface area contributed by atoms with Crippen molar-refractivity contribution in [3.05, 3.63) is 38.3 Å². The standard InChI is InChI=1S/C12H13BrN2O4S/c13-11-2-1-9(15(17)18)7-10(11)12(16)14-8-3-5-20(19)6-4-8/h1-2,7-8H,3-6H2,(H,14,16). The molecule has 0 spiro atoms. The third-order valence-electron chi connectivity index (χ3n) is 3.13. The zero-order valence-electron chi connectivity index (χ0n) is 10.5. The van der Waals surface area contributed by atoms with Gasteiger partial charge in [0.2, 0.25) is 0 Å². The number of hydrogen-bond donors (Lipinski definition) is 1. The number of carbonyl (C=O) groups excluding carboxylic acids is 1. The summed E-state index contributed by atoms with van der Waals surface area (Å²) in [6.07, 6.45) is 1.34. The predicted octanol–water partition coefficient (Wildman–Crippen LogP) is 2.00. The SMILES string of the molecule is O=C(NC1CCS(=O)CC1)c1cc([N+](=O)[O-])ccc1Br. The van der Waals surface area contributed by atoms with E-state index in [-0.39, 0.29) is 23.2 Å². The number of non-ortho nitro benzene ring substituents is 1. The molecule has 0 aromatic heterocycles. The average Bonchev–Trinajstić information content (AvgIpc) is 2.41. The van der Waals surface area contributed by atoms with Crippen LogP contribution in [0, 0.1) is 10.1 Å². The molecule has 1 amide bonds. The fourth-order valence-corrected chi connectivity index (χ4v) is 3.73. The van der Waals surface area contributed by atoms with Crippen molar-refractivity contribution in [1.29, 1.82) is 0 Å². The van der Waals surface area contributed by atoms with Crippen LogP contribution in [0.4, 0.5) is 5.69 Å². The van der Waals surface area contributed by atoms with E-state index in [9.17, 15) is 19.1 Å². The lowest BCUT2D eigenvalue weighted by molar-refractivity contribution is -0.384. The molecule has 1 aromatic rings. The van der Waals surface area contributed by atoms with Crippen LogP contribution in [-0.4, -0.2) is 32.6 Å². The molecular weight excluding hydrogens is 348 g/mol. The maximum absolute atomic E-state index is 12.2. The number of nitrogens with zero attached hydrogens (tertiary/aromatic N) is 1. The highest BCUT2D eigenvalue weighted by molar-refractivity contribution is 9.10. The van der Waals surface area contributed by atoms with Crippen molar-refractivity contribution < 1.29 is 13.9 Å². The van der Waals surface area contributed by atoms with Crippen molar-refractivity contribution in [1.82, 2.24) is 5.32 Å². The first-order valence-corrected chi connectivity index (χ1v) is 8.35. The first-order chi connectivity index (χ1) is 9.47. The van der Waals surface area contributed by atoms with Crippen molar-refractivity contribution >= 4 is 38.3 Å². The molecular formula is C12H13BrN2O4S. The van der Waals surface area contributed by atoms with E-state index in [2.05, 4.69) is 21.2 Å². The Hall–Kier alpha value is -1.28. The number of benzene rings is 1. The van der Waals surface area contributed by atoms with Crippen LogP contribution in [-0.2, 0) is 10.8 Å². The summed E-state index contributed by atoms with van der Waals surface area (Å²) in [5, 5.41) is 13.6. The Morgan fingerprint density at radius 1 is 1.40 bits per heavy atom. The molecule has 0 saturated carbocycles. The van der Waals surface area contributed by atoms with Crippen LogP contribution in [0.5, 0.6) is 0 Å². The fourth-order valence-electron chi connectivity index (χ4n) is 2.00. The molecule has 1 N–H and O–H groups in total. The molecule has 2 rings (SSSR count). The third kappa shape index (κ3) is 3.63. The molecule has 1 aromatic carbocycles. The maximum atomic E-state index is 12.2. The van der Waals surface area contributed by atoms with Crippen molar-refractivity contribution in [2.75, 3.05) is 11.5 Å². The summed E-state index contributed by atoms with van der Waals surface area (Å²) in [5.41, 5.74) is 0.119. The number of nitrogens with one attached hydrogen (secondary N) is 1. The lowest BCUT2D eigenvalue weighted by Crippen LogP contribution is -2.39. The van der Waals surface area contributed by atoms with Crippen LogP contribution in [0.3, 0.4) is 0 Å². The van der Waals surface area contributed by atoms with E-state index in [4.69, 9.17) is 0 Å². The molecule has 1 heterocycles. The molecule has 6 nitrogen and oxygen atoms in total. The Bertz CT molecular complexity index is 569. The maximum Gasteiger partial charge on any atom is 0.270 e. The first-order valence-electron chi connectivity index (χ1n) is 6.07. The number of nitro benzene ring substituents is 1. The monoisotopic (exact) mass is 360 g/mol. The van der Waals surface area contributed by atoms with Crippen LogP contribution in [0.25, 0.3) is 0 Å². The highest BCUT2D eigenvalue weighted by Crippen LogP contribution is 2.23. The summed E-state index contributed by atoms with van der Waals surface area (Å²) in [7, 11) is -0.784. The second kappa shape index (κ2) is 6.45. The van der Waals surface area contributed by atoms with Gasteiger partial charge in [-0.05, 0) is 34.8 Å². The Kier molecular flexibility index (Phi) is 4.87. The second-order valence-electron chi connectivity index (χ2n) is 4.52. The number of halogens is 1. The lowest BCUT2D eigenvalue weighted by atomic mass is 10.1. The van der Waals surface area contributed by atoms with Crippen LogP contribution in [0.2, 0.25) is 0 Å². The van der Waals surface area contributed by atoms with Crippen LogP contribution >= 0.6 is 15.9 Å². The summed E-state index contributed by atoms with van der Waals surface area (Å²) in [4.78, 5) is 22.4. The summed E-state index contributed by atoms with van der Waals surface area (Å²) >= 11 is 3.22. The number of amides is 1. The quantitative estimate of drug-likeness (QED) is 0.659. The zero-order valence-corrected chi connectivity index (χ0v) is 12.9. The van der Waals surface area contributed by atoms with Gasteiger partial charge in [0.1, 0.15) is 0 Å². The minimum absolute atomic E-state index is 0.0219. The Balaban J connectivity index is 2.10. The number of rotatable bonds is 3. The number of nitro groups is 1. The van der Waals surface area contributed by atoms with Crippen molar-refractivity contribution in [2.45, 2.75) is 18.9 Å². The normalized spacial score (nSPS) is 22.2. The van der Waals surface area contributed by atoms with E-state index in [1.165, 1.54) is 18.2 Å². The Morgan fingerprint density at radius 2 is 2.05 bits per heavy atom. The number of carbonyl (C=O) groups is 1. The van der Waals surface area contributed by atoms with Gasteiger partial charge in [-0.25, -0.2) is 0 Å². The van der Waals surface area contributed by atoms with Gasteiger partial charge in [0.25, 0.3) is 11.6 Å². The van der Waals surface area contributed by atoms with E-state index in [1.54, 1.807) is 0 Å². The van der Waals surface area contributed by atoms with E-state index in [0.29, 0.717) is 28.8 Å². The molecule has 1 saturated heterocycles. The highest BCUT2D eigenvalue weighted by Gasteiger charge is 2.22. The van der Waals surface area contributed by atoms with Gasteiger partial charge in [-0.1, -0.05) is 0 Å². The van der Waals surface area contributed by atoms with Crippen molar-refractivity contribution in [3.63, 3.8) is 0 Å². The van der Waals surface area contributed by atoms with E-state index >= 15 is 0 Å². The fraction of sp³-hybridized carbons (Fsp3) is 0.417. The van der Waals surface area contributed by atoms with Gasteiger partial charge in [0.15, 0.2) is 0 Å². The van der Waals surface area contributed by atoms with Gasteiger partial charge >= 0.3 is 0 Å². The minimum atomic E-state index is -0.784. The van der Waals surface area contributed by atoms with Gasteiger partial charge in [0, 0.05) is 45.0 Å². The van der Waals surface area contributed by atoms with E-state index in [1.807, 2.05) is 0 Å². The molecule has 108 valence electrons. The molecule has 1 fully saturated rings. The second-order valence-corrected chi connectivity index (χ2v) is 7.07. The summed E-state index contributed by atoms with van der Waals surface area (Å²) in [6, 6.07) is 4.06. The molecule has 1 aliphatic rings. The summed E-state index contributed by atoms with van der Waals surface area (Å²) in [5.74, 6) is 0.820. The van der Waals surface area contributed by atoms with Gasteiger partial charge in [-0.3, -0.25) is 19.1 Å². The predicted molar refractivity (Wildman–Crippen MR) is 79.2 cm³/mol. The van der Waals surface area contributed by atoms with E-state index < -0.39 is 15.7 Å². The van der Waals surface area contributed by atoms with Crippen molar-refractivity contribution in [2.24, 2.45) is 0 Å². The largest absolute Gasteiger partial charge is 0.349 e. The molecule has 20 heavy (non-hydrogen) atoms. The first kappa shape index (κ1) is 15.1. The van der Waals surface area contributed by atoms with Crippen LogP contribution in [0.15, 0.2) is 22.7 Å². The topological polar surface area (TPSA) is 89.3 Å². The van der Waals surface area contributed by atoms with Gasteiger partial charge in [0.05, 0.1) is 10.5 Å². The molecule has 0 unspecified atom stereocenters. The minimum Gasteiger partial charge on any atom is -0.349 e. The Labute approximate surface area is 126 Å². The summed E-state index contributed by atoms with van der Waals surface area (Å²) in [6.45, 7) is 0. The molecule has 0 bridgehead atoms. The van der Waals surface area contributed by atoms with Crippen LogP contribution in [0.1, 0.15) is 23.2 Å². The zero-order chi connectivity index (χ0) is 14.7. The van der Waals surface area contributed by atoms with Gasteiger partial charge in [-0.15, -0.1) is 0 Å². The molecule has 8 heteroatoms. The number of hydrogen-bond acceptors (Lipinski definition) is 4. The molecule has 1 aliphatic heterocycles. The third-order valence-corrected chi connectivity index (χ3v) is 5.20.